The molecule has 0 aliphatic rings. The Morgan fingerprint density at radius 1 is 1.38 bits per heavy atom. The topological polar surface area (TPSA) is 75.6 Å². The van der Waals surface area contributed by atoms with Gasteiger partial charge in [-0.15, -0.1) is 11.3 Å². The lowest BCUT2D eigenvalue weighted by atomic mass is 10.3. The van der Waals surface area contributed by atoms with Gasteiger partial charge in [-0.05, 0) is 25.1 Å². The minimum atomic E-state index is -3.80. The van der Waals surface area contributed by atoms with Crippen molar-refractivity contribution in [2.24, 2.45) is 0 Å². The van der Waals surface area contributed by atoms with E-state index < -0.39 is 15.8 Å². The molecule has 1 aromatic carbocycles. The second-order valence-corrected chi connectivity index (χ2v) is 6.77. The number of sulfonamides is 1. The molecule has 2 aromatic rings. The van der Waals surface area contributed by atoms with Gasteiger partial charge in [0.2, 0.25) is 0 Å². The van der Waals surface area contributed by atoms with Gasteiger partial charge >= 0.3 is 0 Å². The monoisotopic (exact) mass is 331 g/mol. The average molecular weight is 331 g/mol. The molecule has 1 heterocycles. The molecule has 0 aliphatic heterocycles. The van der Waals surface area contributed by atoms with Crippen LogP contribution in [0.5, 0.6) is 5.75 Å². The van der Waals surface area contributed by atoms with E-state index in [4.69, 9.17) is 9.84 Å². The van der Waals surface area contributed by atoms with Gasteiger partial charge < -0.3 is 9.84 Å². The number of halogens is 1. The second kappa shape index (κ2) is 6.42. The summed E-state index contributed by atoms with van der Waals surface area (Å²) in [6.45, 7) is 1.82. The van der Waals surface area contributed by atoms with Crippen LogP contribution in [0.25, 0.3) is 0 Å². The Labute approximate surface area is 126 Å². The minimum Gasteiger partial charge on any atom is -0.491 e. The Hall–Kier alpha value is -1.64. The third-order valence-electron chi connectivity index (χ3n) is 2.58. The van der Waals surface area contributed by atoms with Gasteiger partial charge in [-0.3, -0.25) is 4.72 Å². The molecule has 2 rings (SSSR count). The molecule has 0 aliphatic carbocycles. The van der Waals surface area contributed by atoms with Gasteiger partial charge in [0, 0.05) is 16.3 Å². The van der Waals surface area contributed by atoms with Gasteiger partial charge in [-0.1, -0.05) is 0 Å². The van der Waals surface area contributed by atoms with Crippen molar-refractivity contribution >= 4 is 27.0 Å². The van der Waals surface area contributed by atoms with E-state index in [-0.39, 0.29) is 22.9 Å². The standard InChI is InChI=1S/C13H14FNO4S2/c1-2-19-13-4-3-9(5-12(13)14)15-21(17,18)11-6-10(7-16)20-8-11/h3-6,8,15-16H,2,7H2,1H3. The van der Waals surface area contributed by atoms with Crippen LogP contribution in [0.2, 0.25) is 0 Å². The Balaban J connectivity index is 2.22. The summed E-state index contributed by atoms with van der Waals surface area (Å²) in [5, 5.41) is 10.4. The Morgan fingerprint density at radius 3 is 2.71 bits per heavy atom. The third kappa shape index (κ3) is 3.72. The number of anilines is 1. The molecule has 0 atom stereocenters. The van der Waals surface area contributed by atoms with E-state index in [0.717, 1.165) is 17.4 Å². The van der Waals surface area contributed by atoms with Gasteiger partial charge in [0.15, 0.2) is 11.6 Å². The molecule has 5 nitrogen and oxygen atoms in total. The van der Waals surface area contributed by atoms with Gasteiger partial charge in [0.05, 0.1) is 23.8 Å². The van der Waals surface area contributed by atoms with Crippen LogP contribution >= 0.6 is 11.3 Å². The zero-order chi connectivity index (χ0) is 15.5. The molecule has 0 unspecified atom stereocenters. The zero-order valence-electron chi connectivity index (χ0n) is 11.2. The molecule has 1 aromatic heterocycles. The summed E-state index contributed by atoms with van der Waals surface area (Å²) in [6.07, 6.45) is 0. The molecule has 8 heteroatoms. The smallest absolute Gasteiger partial charge is 0.262 e. The van der Waals surface area contributed by atoms with Crippen molar-refractivity contribution < 1.29 is 22.7 Å². The number of ether oxygens (including phenoxy) is 1. The van der Waals surface area contributed by atoms with Crippen LogP contribution in [0.3, 0.4) is 0 Å². The van der Waals surface area contributed by atoms with Gasteiger partial charge in [-0.25, -0.2) is 12.8 Å². The first-order chi connectivity index (χ1) is 9.96. The maximum absolute atomic E-state index is 13.7. The van der Waals surface area contributed by atoms with Crippen molar-refractivity contribution in [3.63, 3.8) is 0 Å². The van der Waals surface area contributed by atoms with E-state index in [0.29, 0.717) is 11.5 Å². The third-order valence-corrected chi connectivity index (χ3v) is 5.01. The normalized spacial score (nSPS) is 11.4. The van der Waals surface area contributed by atoms with Crippen LogP contribution in [0.1, 0.15) is 11.8 Å². The van der Waals surface area contributed by atoms with E-state index in [2.05, 4.69) is 4.72 Å². The van der Waals surface area contributed by atoms with Gasteiger partial charge in [-0.2, -0.15) is 0 Å². The highest BCUT2D eigenvalue weighted by molar-refractivity contribution is 7.92. The van der Waals surface area contributed by atoms with Crippen LogP contribution in [0, 0.1) is 5.82 Å². The highest BCUT2D eigenvalue weighted by Crippen LogP contribution is 2.25. The van der Waals surface area contributed by atoms with Gasteiger partial charge in [0.1, 0.15) is 0 Å². The fourth-order valence-electron chi connectivity index (χ4n) is 1.64. The lowest BCUT2D eigenvalue weighted by molar-refractivity contribution is 0.285. The SMILES string of the molecule is CCOc1ccc(NS(=O)(=O)c2csc(CO)c2)cc1F. The van der Waals surface area contributed by atoms with Crippen LogP contribution < -0.4 is 9.46 Å². The van der Waals surface area contributed by atoms with Gasteiger partial charge in [0.25, 0.3) is 10.0 Å². The van der Waals surface area contributed by atoms with Crippen LogP contribution in [-0.4, -0.2) is 20.1 Å². The zero-order valence-corrected chi connectivity index (χ0v) is 12.8. The molecule has 0 radical (unpaired) electrons. The number of thiophene rings is 1. The number of aliphatic hydroxyl groups is 1. The van der Waals surface area contributed by atoms with E-state index in [1.807, 2.05) is 0 Å². The molecule has 0 spiro atoms. The summed E-state index contributed by atoms with van der Waals surface area (Å²) < 4.78 is 45.2. The summed E-state index contributed by atoms with van der Waals surface area (Å²) in [7, 11) is -3.80. The maximum Gasteiger partial charge on any atom is 0.262 e. The summed E-state index contributed by atoms with van der Waals surface area (Å²) in [5.41, 5.74) is 0.104. The van der Waals surface area contributed by atoms with E-state index >= 15 is 0 Å². The summed E-state index contributed by atoms with van der Waals surface area (Å²) >= 11 is 1.14. The van der Waals surface area contributed by atoms with Crippen molar-refractivity contribution in [3.05, 3.63) is 40.3 Å². The van der Waals surface area contributed by atoms with Crippen molar-refractivity contribution in [2.75, 3.05) is 11.3 Å². The Morgan fingerprint density at radius 2 is 2.14 bits per heavy atom. The first-order valence-electron chi connectivity index (χ1n) is 6.09. The maximum atomic E-state index is 13.7. The lowest BCUT2D eigenvalue weighted by Crippen LogP contribution is -2.12. The number of aliphatic hydroxyl groups excluding tert-OH is 1. The molecule has 0 saturated carbocycles. The fourth-order valence-corrected chi connectivity index (χ4v) is 3.82. The first-order valence-corrected chi connectivity index (χ1v) is 8.46. The average Bonchev–Trinajstić information content (AvgIpc) is 2.91. The molecular weight excluding hydrogens is 317 g/mol. The van der Waals surface area contributed by atoms with Crippen LogP contribution in [0.15, 0.2) is 34.5 Å². The molecule has 0 amide bonds. The first kappa shape index (κ1) is 15.7. The van der Waals surface area contributed by atoms with Crippen molar-refractivity contribution in [1.82, 2.24) is 0 Å². The molecular formula is C13H14FNO4S2. The number of benzene rings is 1. The molecule has 0 fully saturated rings. The number of hydrogen-bond acceptors (Lipinski definition) is 5. The molecule has 0 saturated heterocycles. The minimum absolute atomic E-state index is 0.0332. The predicted octanol–water partition coefficient (Wildman–Crippen LogP) is 2.58. The summed E-state index contributed by atoms with van der Waals surface area (Å²) in [5.74, 6) is -0.572. The van der Waals surface area contributed by atoms with Crippen molar-refractivity contribution in [1.29, 1.82) is 0 Å². The van der Waals surface area contributed by atoms with E-state index in [9.17, 15) is 12.8 Å². The second-order valence-electron chi connectivity index (χ2n) is 4.09. The molecule has 114 valence electrons. The largest absolute Gasteiger partial charge is 0.491 e. The number of nitrogens with one attached hydrogen (secondary N) is 1. The molecule has 2 N–H and O–H groups in total. The lowest BCUT2D eigenvalue weighted by Gasteiger charge is -2.09. The Bertz CT molecular complexity index is 728. The van der Waals surface area contributed by atoms with E-state index in [1.54, 1.807) is 6.92 Å². The Kier molecular flexibility index (Phi) is 4.81. The highest BCUT2D eigenvalue weighted by Gasteiger charge is 2.17. The molecule has 21 heavy (non-hydrogen) atoms. The van der Waals surface area contributed by atoms with Crippen molar-refractivity contribution in [2.45, 2.75) is 18.4 Å². The van der Waals surface area contributed by atoms with Crippen LogP contribution in [0.4, 0.5) is 10.1 Å². The number of hydrogen-bond donors (Lipinski definition) is 2. The predicted molar refractivity (Wildman–Crippen MR) is 78.6 cm³/mol. The fraction of sp³-hybridized carbons (Fsp3) is 0.231. The quantitative estimate of drug-likeness (QED) is 0.853. The van der Waals surface area contributed by atoms with E-state index in [1.165, 1.54) is 23.6 Å². The molecule has 0 bridgehead atoms. The number of rotatable bonds is 6. The van der Waals surface area contributed by atoms with Crippen molar-refractivity contribution in [3.8, 4) is 5.75 Å². The highest BCUT2D eigenvalue weighted by atomic mass is 32.2. The summed E-state index contributed by atoms with van der Waals surface area (Å²) in [4.78, 5) is 0.569. The summed E-state index contributed by atoms with van der Waals surface area (Å²) in [6, 6.07) is 5.22. The van der Waals surface area contributed by atoms with Crippen LogP contribution in [-0.2, 0) is 16.6 Å².